The normalized spacial score (nSPS) is 27.3. The molecular weight excluding hydrogens is 437 g/mol. The van der Waals surface area contributed by atoms with Crippen LogP contribution in [0, 0.1) is 0 Å². The van der Waals surface area contributed by atoms with Gasteiger partial charge in [0, 0.05) is 50.4 Å². The number of halogens is 1. The van der Waals surface area contributed by atoms with E-state index in [0.717, 1.165) is 37.8 Å². The summed E-state index contributed by atoms with van der Waals surface area (Å²) < 4.78 is 0. The number of thioether (sulfide) groups is 1. The maximum atomic E-state index is 11.8. The third-order valence-electron chi connectivity index (χ3n) is 5.02. The van der Waals surface area contributed by atoms with Gasteiger partial charge in [0.2, 0.25) is 5.91 Å². The quantitative estimate of drug-likeness (QED) is 0.360. The Kier molecular flexibility index (Phi) is 9.14. The molecule has 2 fully saturated rings. The smallest absolute Gasteiger partial charge is 0.222 e. The Morgan fingerprint density at radius 3 is 2.75 bits per heavy atom. The van der Waals surface area contributed by atoms with Crippen molar-refractivity contribution in [2.75, 3.05) is 52.3 Å². The molecule has 0 aromatic carbocycles. The van der Waals surface area contributed by atoms with Gasteiger partial charge in [-0.3, -0.25) is 9.79 Å². The second kappa shape index (κ2) is 10.1. The Hall–Kier alpha value is -0.220. The number of carbonyl (C=O) groups is 1. The third kappa shape index (κ3) is 5.39. The molecule has 2 aliphatic rings. The summed E-state index contributed by atoms with van der Waals surface area (Å²) in [5.74, 6) is 3.47. The van der Waals surface area contributed by atoms with E-state index in [-0.39, 0.29) is 35.4 Å². The Bertz CT molecular complexity index is 440. The minimum absolute atomic E-state index is 0. The molecule has 140 valence electrons. The van der Waals surface area contributed by atoms with Gasteiger partial charge in [-0.05, 0) is 32.7 Å². The predicted octanol–water partition coefficient (Wildman–Crippen LogP) is 1.22. The lowest BCUT2D eigenvalue weighted by atomic mass is 9.97. The van der Waals surface area contributed by atoms with Crippen molar-refractivity contribution in [3.05, 3.63) is 0 Å². The maximum absolute atomic E-state index is 11.8. The standard InChI is InChI=1S/C16H31N5OS.HI/c1-5-14(22)21-8-6-13(10-21)19-15(17-2)18-11-16(20(3)4)7-9-23-12-16;/h13H,5-12H2,1-4H3,(H2,17,18,19);1H. The van der Waals surface area contributed by atoms with Gasteiger partial charge < -0.3 is 20.4 Å². The molecule has 2 heterocycles. The van der Waals surface area contributed by atoms with Crippen LogP contribution in [0.3, 0.4) is 0 Å². The summed E-state index contributed by atoms with van der Waals surface area (Å²) in [6, 6.07) is 0.296. The molecule has 2 N–H and O–H groups in total. The molecule has 0 radical (unpaired) electrons. The molecule has 2 rings (SSSR count). The van der Waals surface area contributed by atoms with Crippen molar-refractivity contribution >= 4 is 47.6 Å². The molecule has 1 amide bonds. The zero-order valence-electron chi connectivity index (χ0n) is 15.3. The average molecular weight is 469 g/mol. The van der Waals surface area contributed by atoms with Gasteiger partial charge in [0.15, 0.2) is 5.96 Å². The Balaban J connectivity index is 0.00000288. The highest BCUT2D eigenvalue weighted by Gasteiger charge is 2.36. The van der Waals surface area contributed by atoms with Crippen LogP contribution in [0.15, 0.2) is 4.99 Å². The van der Waals surface area contributed by atoms with E-state index in [9.17, 15) is 4.79 Å². The molecule has 0 aromatic rings. The van der Waals surface area contributed by atoms with Gasteiger partial charge in [-0.1, -0.05) is 6.92 Å². The maximum Gasteiger partial charge on any atom is 0.222 e. The molecule has 6 nitrogen and oxygen atoms in total. The van der Waals surface area contributed by atoms with E-state index in [1.165, 1.54) is 12.2 Å². The number of likely N-dealkylation sites (N-methyl/N-ethyl adjacent to an activating group) is 1. The predicted molar refractivity (Wildman–Crippen MR) is 114 cm³/mol. The van der Waals surface area contributed by atoms with Crippen molar-refractivity contribution in [3.63, 3.8) is 0 Å². The van der Waals surface area contributed by atoms with Gasteiger partial charge in [0.25, 0.3) is 0 Å². The van der Waals surface area contributed by atoms with E-state index in [2.05, 4.69) is 34.6 Å². The first-order valence-electron chi connectivity index (χ1n) is 8.51. The number of rotatable bonds is 5. The zero-order valence-corrected chi connectivity index (χ0v) is 18.4. The highest BCUT2D eigenvalue weighted by atomic mass is 127. The van der Waals surface area contributed by atoms with E-state index in [0.29, 0.717) is 12.5 Å². The second-order valence-electron chi connectivity index (χ2n) is 6.67. The number of amides is 1. The Morgan fingerprint density at radius 1 is 1.46 bits per heavy atom. The first-order valence-corrected chi connectivity index (χ1v) is 9.66. The van der Waals surface area contributed by atoms with Crippen LogP contribution in [-0.2, 0) is 4.79 Å². The number of carbonyl (C=O) groups excluding carboxylic acids is 1. The molecule has 2 unspecified atom stereocenters. The highest BCUT2D eigenvalue weighted by Crippen LogP contribution is 2.31. The van der Waals surface area contributed by atoms with Crippen LogP contribution in [0.25, 0.3) is 0 Å². The van der Waals surface area contributed by atoms with Gasteiger partial charge in [-0.15, -0.1) is 24.0 Å². The SMILES string of the molecule is CCC(=O)N1CCC(NC(=NC)NCC2(N(C)C)CCSC2)C1.I. The largest absolute Gasteiger partial charge is 0.355 e. The van der Waals surface area contributed by atoms with Crippen LogP contribution < -0.4 is 10.6 Å². The minimum atomic E-state index is 0. The molecule has 0 aliphatic carbocycles. The van der Waals surface area contributed by atoms with Gasteiger partial charge >= 0.3 is 0 Å². The monoisotopic (exact) mass is 469 g/mol. The van der Waals surface area contributed by atoms with Crippen LogP contribution in [-0.4, -0.2) is 85.5 Å². The average Bonchev–Trinajstić information content (AvgIpc) is 3.20. The summed E-state index contributed by atoms with van der Waals surface area (Å²) in [6.45, 7) is 4.45. The molecule has 2 atom stereocenters. The Morgan fingerprint density at radius 2 is 2.21 bits per heavy atom. The fourth-order valence-corrected chi connectivity index (χ4v) is 4.76. The number of guanidine groups is 1. The fourth-order valence-electron chi connectivity index (χ4n) is 3.21. The van der Waals surface area contributed by atoms with Crippen molar-refractivity contribution in [1.82, 2.24) is 20.4 Å². The molecule has 2 saturated heterocycles. The number of hydrogen-bond acceptors (Lipinski definition) is 4. The summed E-state index contributed by atoms with van der Waals surface area (Å²) in [6.07, 6.45) is 2.78. The highest BCUT2D eigenvalue weighted by molar-refractivity contribution is 14.0. The second-order valence-corrected chi connectivity index (χ2v) is 7.78. The lowest BCUT2D eigenvalue weighted by molar-refractivity contribution is -0.129. The van der Waals surface area contributed by atoms with E-state index < -0.39 is 0 Å². The van der Waals surface area contributed by atoms with Crippen molar-refractivity contribution in [2.45, 2.75) is 37.8 Å². The summed E-state index contributed by atoms with van der Waals surface area (Å²) >= 11 is 2.02. The van der Waals surface area contributed by atoms with Crippen LogP contribution in [0.2, 0.25) is 0 Å². The van der Waals surface area contributed by atoms with Crippen molar-refractivity contribution in [3.8, 4) is 0 Å². The topological polar surface area (TPSA) is 60.0 Å². The van der Waals surface area contributed by atoms with E-state index >= 15 is 0 Å². The van der Waals surface area contributed by atoms with Crippen molar-refractivity contribution in [2.24, 2.45) is 4.99 Å². The number of aliphatic imine (C=N–C) groups is 1. The summed E-state index contributed by atoms with van der Waals surface area (Å²) in [5, 5.41) is 6.97. The summed E-state index contributed by atoms with van der Waals surface area (Å²) in [7, 11) is 6.13. The Labute approximate surface area is 167 Å². The number of likely N-dealkylation sites (tertiary alicyclic amines) is 1. The summed E-state index contributed by atoms with van der Waals surface area (Å²) in [4.78, 5) is 20.4. The molecular formula is C16H32IN5OS. The first-order chi connectivity index (χ1) is 11.0. The zero-order chi connectivity index (χ0) is 16.9. The van der Waals surface area contributed by atoms with E-state index in [1.807, 2.05) is 30.6 Å². The van der Waals surface area contributed by atoms with Gasteiger partial charge in [-0.25, -0.2) is 0 Å². The third-order valence-corrected chi connectivity index (χ3v) is 6.26. The molecule has 0 spiro atoms. The van der Waals surface area contributed by atoms with Gasteiger partial charge in [-0.2, -0.15) is 11.8 Å². The molecule has 8 heteroatoms. The van der Waals surface area contributed by atoms with Crippen LogP contribution in [0.5, 0.6) is 0 Å². The van der Waals surface area contributed by atoms with Gasteiger partial charge in [0.1, 0.15) is 0 Å². The number of nitrogens with zero attached hydrogens (tertiary/aromatic N) is 3. The van der Waals surface area contributed by atoms with Crippen molar-refractivity contribution < 1.29 is 4.79 Å². The molecule has 0 bridgehead atoms. The first kappa shape index (κ1) is 21.8. The van der Waals surface area contributed by atoms with Crippen LogP contribution in [0.1, 0.15) is 26.2 Å². The molecule has 2 aliphatic heterocycles. The molecule has 24 heavy (non-hydrogen) atoms. The minimum Gasteiger partial charge on any atom is -0.355 e. The summed E-state index contributed by atoms with van der Waals surface area (Å²) in [5.41, 5.74) is 0.210. The van der Waals surface area contributed by atoms with Crippen LogP contribution in [0.4, 0.5) is 0 Å². The lowest BCUT2D eigenvalue weighted by Crippen LogP contribution is -2.55. The lowest BCUT2D eigenvalue weighted by Gasteiger charge is -2.36. The number of hydrogen-bond donors (Lipinski definition) is 2. The van der Waals surface area contributed by atoms with E-state index in [4.69, 9.17) is 0 Å². The van der Waals surface area contributed by atoms with Crippen LogP contribution >= 0.6 is 35.7 Å². The fraction of sp³-hybridized carbons (Fsp3) is 0.875. The molecule has 0 aromatic heterocycles. The molecule has 0 saturated carbocycles. The van der Waals surface area contributed by atoms with Gasteiger partial charge in [0.05, 0.1) is 0 Å². The van der Waals surface area contributed by atoms with E-state index in [1.54, 1.807) is 0 Å². The van der Waals surface area contributed by atoms with Crippen molar-refractivity contribution in [1.29, 1.82) is 0 Å². The number of nitrogens with one attached hydrogen (secondary N) is 2.